The summed E-state index contributed by atoms with van der Waals surface area (Å²) < 4.78 is 5.21. The molecule has 0 amide bonds. The van der Waals surface area contributed by atoms with Crippen LogP contribution < -0.4 is 20.7 Å². The summed E-state index contributed by atoms with van der Waals surface area (Å²) >= 11 is 0. The van der Waals surface area contributed by atoms with Gasteiger partial charge in [0.15, 0.2) is 6.29 Å². The Balaban J connectivity index is 2.11. The average molecular weight is 287 g/mol. The molecule has 3 rings (SSSR count). The molecule has 1 saturated heterocycles. The molecule has 1 aliphatic heterocycles. The predicted octanol–water partition coefficient (Wildman–Crippen LogP) is 0.443. The van der Waals surface area contributed by atoms with Gasteiger partial charge in [-0.15, -0.1) is 0 Å². The number of ether oxygens (including phenoxy) is 1. The minimum atomic E-state index is 0.374. The van der Waals surface area contributed by atoms with Gasteiger partial charge in [-0.25, -0.2) is 4.98 Å². The number of aldehydes is 1. The van der Waals surface area contributed by atoms with Gasteiger partial charge in [-0.1, -0.05) is 0 Å². The summed E-state index contributed by atoms with van der Waals surface area (Å²) in [5, 5.41) is 3.95. The second-order valence-corrected chi connectivity index (χ2v) is 4.88. The SMILES string of the molecule is COc1cc2nc(N3CCNCC3)nc(N)c2cc1C=O. The first-order valence-corrected chi connectivity index (χ1v) is 6.79. The first-order chi connectivity index (χ1) is 10.2. The normalized spacial score (nSPS) is 15.2. The van der Waals surface area contributed by atoms with Gasteiger partial charge in [-0.3, -0.25) is 4.79 Å². The van der Waals surface area contributed by atoms with Crippen LogP contribution in [0, 0.1) is 0 Å². The second kappa shape index (κ2) is 5.53. The molecule has 0 saturated carbocycles. The monoisotopic (exact) mass is 287 g/mol. The summed E-state index contributed by atoms with van der Waals surface area (Å²) in [5.41, 5.74) is 7.15. The number of benzene rings is 1. The number of nitrogens with two attached hydrogens (primary N) is 1. The number of hydrogen-bond acceptors (Lipinski definition) is 7. The molecular weight excluding hydrogens is 270 g/mol. The largest absolute Gasteiger partial charge is 0.496 e. The summed E-state index contributed by atoms with van der Waals surface area (Å²) in [6, 6.07) is 3.39. The average Bonchev–Trinajstić information content (AvgIpc) is 2.54. The third-order valence-corrected chi connectivity index (χ3v) is 3.59. The van der Waals surface area contributed by atoms with Crippen molar-refractivity contribution in [3.05, 3.63) is 17.7 Å². The smallest absolute Gasteiger partial charge is 0.227 e. The first kappa shape index (κ1) is 13.6. The Morgan fingerprint density at radius 1 is 1.33 bits per heavy atom. The number of piperazine rings is 1. The summed E-state index contributed by atoms with van der Waals surface area (Å²) in [6.07, 6.45) is 0.738. The zero-order chi connectivity index (χ0) is 14.8. The lowest BCUT2D eigenvalue weighted by Gasteiger charge is -2.27. The van der Waals surface area contributed by atoms with Crippen LogP contribution in [0.2, 0.25) is 0 Å². The maximum Gasteiger partial charge on any atom is 0.227 e. The quantitative estimate of drug-likeness (QED) is 0.791. The van der Waals surface area contributed by atoms with Crippen molar-refractivity contribution in [1.82, 2.24) is 15.3 Å². The standard InChI is InChI=1S/C14H17N5O2/c1-21-12-7-11-10(6-9(12)8-20)13(15)18-14(17-11)19-4-2-16-3-5-19/h6-8,16H,2-5H2,1H3,(H2,15,17,18). The molecule has 0 atom stereocenters. The third-order valence-electron chi connectivity index (χ3n) is 3.59. The molecule has 21 heavy (non-hydrogen) atoms. The molecule has 7 nitrogen and oxygen atoms in total. The minimum Gasteiger partial charge on any atom is -0.496 e. The Morgan fingerprint density at radius 2 is 2.10 bits per heavy atom. The number of nitrogen functional groups attached to an aromatic ring is 1. The van der Waals surface area contributed by atoms with Crippen LogP contribution in [0.25, 0.3) is 10.9 Å². The number of nitrogens with zero attached hydrogens (tertiary/aromatic N) is 3. The van der Waals surface area contributed by atoms with E-state index in [1.807, 2.05) is 0 Å². The number of aromatic nitrogens is 2. The molecule has 0 unspecified atom stereocenters. The van der Waals surface area contributed by atoms with Gasteiger partial charge in [-0.05, 0) is 6.07 Å². The molecule has 0 bridgehead atoms. The maximum absolute atomic E-state index is 11.1. The number of nitrogens with one attached hydrogen (secondary N) is 1. The van der Waals surface area contributed by atoms with Crippen LogP contribution >= 0.6 is 0 Å². The first-order valence-electron chi connectivity index (χ1n) is 6.79. The fourth-order valence-electron chi connectivity index (χ4n) is 2.46. The van der Waals surface area contributed by atoms with Gasteiger partial charge < -0.3 is 20.7 Å². The van der Waals surface area contributed by atoms with E-state index in [-0.39, 0.29) is 0 Å². The molecule has 0 radical (unpaired) electrons. The maximum atomic E-state index is 11.1. The number of carbonyl (C=O) groups is 1. The second-order valence-electron chi connectivity index (χ2n) is 4.88. The van der Waals surface area contributed by atoms with Gasteiger partial charge in [-0.2, -0.15) is 4.98 Å². The molecule has 1 fully saturated rings. The minimum absolute atomic E-state index is 0.374. The lowest BCUT2D eigenvalue weighted by atomic mass is 10.1. The Hall–Kier alpha value is -2.41. The number of fused-ring (bicyclic) bond motifs is 1. The van der Waals surface area contributed by atoms with Gasteiger partial charge in [0.1, 0.15) is 11.6 Å². The Kier molecular flexibility index (Phi) is 3.57. The summed E-state index contributed by atoms with van der Waals surface area (Å²) in [7, 11) is 1.52. The van der Waals surface area contributed by atoms with E-state index in [2.05, 4.69) is 20.2 Å². The molecule has 2 aromatic rings. The van der Waals surface area contributed by atoms with E-state index < -0.39 is 0 Å². The van der Waals surface area contributed by atoms with Crippen LogP contribution in [0.1, 0.15) is 10.4 Å². The molecular formula is C14H17N5O2. The van der Waals surface area contributed by atoms with Crippen LogP contribution in [0.5, 0.6) is 5.75 Å². The number of methoxy groups -OCH3 is 1. The molecule has 110 valence electrons. The molecule has 7 heteroatoms. The van der Waals surface area contributed by atoms with Gasteiger partial charge in [0, 0.05) is 37.6 Å². The van der Waals surface area contributed by atoms with Crippen molar-refractivity contribution in [2.75, 3.05) is 43.9 Å². The van der Waals surface area contributed by atoms with E-state index in [1.165, 1.54) is 7.11 Å². The Morgan fingerprint density at radius 3 is 2.76 bits per heavy atom. The van der Waals surface area contributed by atoms with Crippen molar-refractivity contribution in [2.45, 2.75) is 0 Å². The molecule has 0 aliphatic carbocycles. The molecule has 0 spiro atoms. The highest BCUT2D eigenvalue weighted by Gasteiger charge is 2.16. The summed E-state index contributed by atoms with van der Waals surface area (Å²) in [5.74, 6) is 1.48. The summed E-state index contributed by atoms with van der Waals surface area (Å²) in [4.78, 5) is 22.1. The molecule has 1 aliphatic rings. The van der Waals surface area contributed by atoms with E-state index in [9.17, 15) is 4.79 Å². The molecule has 2 heterocycles. The lowest BCUT2D eigenvalue weighted by Crippen LogP contribution is -2.44. The fraction of sp³-hybridized carbons (Fsp3) is 0.357. The van der Waals surface area contributed by atoms with E-state index in [0.29, 0.717) is 34.0 Å². The van der Waals surface area contributed by atoms with Crippen LogP contribution in [0.4, 0.5) is 11.8 Å². The number of rotatable bonds is 3. The zero-order valence-corrected chi connectivity index (χ0v) is 11.8. The highest BCUT2D eigenvalue weighted by molar-refractivity contribution is 5.95. The molecule has 3 N–H and O–H groups in total. The Labute approximate surface area is 122 Å². The van der Waals surface area contributed by atoms with Crippen LogP contribution in [-0.2, 0) is 0 Å². The van der Waals surface area contributed by atoms with Crippen LogP contribution in [-0.4, -0.2) is 49.5 Å². The molecule has 1 aromatic carbocycles. The van der Waals surface area contributed by atoms with Crippen molar-refractivity contribution >= 4 is 29.0 Å². The van der Waals surface area contributed by atoms with Gasteiger partial charge in [0.25, 0.3) is 0 Å². The predicted molar refractivity (Wildman–Crippen MR) is 81.0 cm³/mol. The highest BCUT2D eigenvalue weighted by Crippen LogP contribution is 2.28. The van der Waals surface area contributed by atoms with Gasteiger partial charge >= 0.3 is 0 Å². The summed E-state index contributed by atoms with van der Waals surface area (Å²) in [6.45, 7) is 3.48. The van der Waals surface area contributed by atoms with Crippen LogP contribution in [0.3, 0.4) is 0 Å². The lowest BCUT2D eigenvalue weighted by molar-refractivity contribution is 0.112. The van der Waals surface area contributed by atoms with Gasteiger partial charge in [0.2, 0.25) is 5.95 Å². The van der Waals surface area contributed by atoms with Crippen molar-refractivity contribution < 1.29 is 9.53 Å². The van der Waals surface area contributed by atoms with E-state index in [1.54, 1.807) is 12.1 Å². The third kappa shape index (κ3) is 2.47. The molecule has 1 aromatic heterocycles. The fourth-order valence-corrected chi connectivity index (χ4v) is 2.46. The highest BCUT2D eigenvalue weighted by atomic mass is 16.5. The van der Waals surface area contributed by atoms with Crippen LogP contribution in [0.15, 0.2) is 12.1 Å². The van der Waals surface area contributed by atoms with E-state index >= 15 is 0 Å². The van der Waals surface area contributed by atoms with E-state index in [0.717, 1.165) is 32.5 Å². The number of anilines is 2. The number of carbonyl (C=O) groups excluding carboxylic acids is 1. The Bertz CT molecular complexity index is 683. The van der Waals surface area contributed by atoms with Crippen molar-refractivity contribution in [3.63, 3.8) is 0 Å². The topological polar surface area (TPSA) is 93.4 Å². The van der Waals surface area contributed by atoms with Gasteiger partial charge in [0.05, 0.1) is 18.2 Å². The number of hydrogen-bond donors (Lipinski definition) is 2. The zero-order valence-electron chi connectivity index (χ0n) is 11.8. The van der Waals surface area contributed by atoms with Crippen molar-refractivity contribution in [2.24, 2.45) is 0 Å². The van der Waals surface area contributed by atoms with Crippen molar-refractivity contribution in [1.29, 1.82) is 0 Å². The van der Waals surface area contributed by atoms with E-state index in [4.69, 9.17) is 10.5 Å². The van der Waals surface area contributed by atoms with Crippen molar-refractivity contribution in [3.8, 4) is 5.75 Å².